The van der Waals surface area contributed by atoms with Crippen molar-refractivity contribution >= 4 is 12.1 Å². The summed E-state index contributed by atoms with van der Waals surface area (Å²) in [6.07, 6.45) is 1.83. The van der Waals surface area contributed by atoms with E-state index in [0.717, 1.165) is 25.0 Å². The Morgan fingerprint density at radius 3 is 2.50 bits per heavy atom. The number of hydrogen-bond acceptors (Lipinski definition) is 5. The normalized spacial score (nSPS) is 26.2. The van der Waals surface area contributed by atoms with Crippen LogP contribution < -0.4 is 10.1 Å². The smallest absolute Gasteiger partial charge is 0.408 e. The van der Waals surface area contributed by atoms with Crippen LogP contribution >= 0.6 is 0 Å². The van der Waals surface area contributed by atoms with E-state index in [1.165, 1.54) is 0 Å². The molecule has 4 atom stereocenters. The third kappa shape index (κ3) is 6.73. The molecule has 0 aromatic heterocycles. The molecule has 1 fully saturated rings. The fourth-order valence-corrected chi connectivity index (χ4v) is 3.45. The highest BCUT2D eigenvalue weighted by molar-refractivity contribution is 5.81. The van der Waals surface area contributed by atoms with E-state index in [9.17, 15) is 9.59 Å². The van der Waals surface area contributed by atoms with Crippen molar-refractivity contribution in [3.8, 4) is 5.75 Å². The van der Waals surface area contributed by atoms with Crippen LogP contribution in [0, 0.1) is 5.92 Å². The van der Waals surface area contributed by atoms with E-state index in [1.807, 2.05) is 37.3 Å². The molecule has 0 saturated carbocycles. The standard InChI is InChI=1S/C22H33NO5/c1-6-16-11-10-14-18(23-21(25)28-22(3,4)5)20(24)26-15(2)19(16)27-17-12-8-7-9-13-17/h7-9,12-13,15-16,18-19H,6,10-11,14H2,1-5H3,(H,23,25). The van der Waals surface area contributed by atoms with Gasteiger partial charge in [0, 0.05) is 0 Å². The zero-order chi connectivity index (χ0) is 20.7. The predicted molar refractivity (Wildman–Crippen MR) is 107 cm³/mol. The molecule has 6 heteroatoms. The van der Waals surface area contributed by atoms with E-state index >= 15 is 0 Å². The van der Waals surface area contributed by atoms with Crippen LogP contribution in [0.5, 0.6) is 5.75 Å². The molecule has 28 heavy (non-hydrogen) atoms. The van der Waals surface area contributed by atoms with Crippen molar-refractivity contribution in [1.82, 2.24) is 5.32 Å². The topological polar surface area (TPSA) is 73.9 Å². The maximum Gasteiger partial charge on any atom is 0.408 e. The Labute approximate surface area is 167 Å². The first-order valence-electron chi connectivity index (χ1n) is 10.1. The molecular formula is C22H33NO5. The summed E-state index contributed by atoms with van der Waals surface area (Å²) in [5.41, 5.74) is -0.623. The van der Waals surface area contributed by atoms with E-state index in [-0.39, 0.29) is 12.0 Å². The summed E-state index contributed by atoms with van der Waals surface area (Å²) < 4.78 is 17.2. The van der Waals surface area contributed by atoms with E-state index < -0.39 is 29.8 Å². The highest BCUT2D eigenvalue weighted by Gasteiger charge is 2.35. The summed E-state index contributed by atoms with van der Waals surface area (Å²) in [7, 11) is 0. The van der Waals surface area contributed by atoms with Gasteiger partial charge in [0.25, 0.3) is 0 Å². The van der Waals surface area contributed by atoms with Crippen LogP contribution in [0.3, 0.4) is 0 Å². The van der Waals surface area contributed by atoms with Gasteiger partial charge < -0.3 is 19.5 Å². The number of carbonyl (C=O) groups excluding carboxylic acids is 2. The Morgan fingerprint density at radius 1 is 1.21 bits per heavy atom. The second kappa shape index (κ2) is 9.80. The van der Waals surface area contributed by atoms with Gasteiger partial charge in [0.05, 0.1) is 0 Å². The van der Waals surface area contributed by atoms with Crippen LogP contribution in [0.2, 0.25) is 0 Å². The van der Waals surface area contributed by atoms with Gasteiger partial charge in [-0.1, -0.05) is 31.5 Å². The lowest BCUT2D eigenvalue weighted by Gasteiger charge is -2.31. The minimum atomic E-state index is -0.717. The Morgan fingerprint density at radius 2 is 1.89 bits per heavy atom. The highest BCUT2D eigenvalue weighted by Crippen LogP contribution is 2.28. The molecule has 1 aromatic rings. The van der Waals surface area contributed by atoms with Crippen molar-refractivity contribution in [2.24, 2.45) is 5.92 Å². The fourth-order valence-electron chi connectivity index (χ4n) is 3.45. The summed E-state index contributed by atoms with van der Waals surface area (Å²) in [4.78, 5) is 24.8. The first-order chi connectivity index (χ1) is 13.2. The molecule has 1 N–H and O–H groups in total. The molecule has 1 amide bonds. The van der Waals surface area contributed by atoms with Crippen molar-refractivity contribution in [2.45, 2.75) is 84.2 Å². The quantitative estimate of drug-likeness (QED) is 0.767. The number of cyclic esters (lactones) is 1. The minimum Gasteiger partial charge on any atom is -0.486 e. The molecule has 1 aliphatic heterocycles. The first kappa shape index (κ1) is 22.1. The number of rotatable bonds is 4. The van der Waals surface area contributed by atoms with Gasteiger partial charge in [-0.15, -0.1) is 0 Å². The van der Waals surface area contributed by atoms with E-state index in [1.54, 1.807) is 20.8 Å². The summed E-state index contributed by atoms with van der Waals surface area (Å²) in [6.45, 7) is 9.33. The number of esters is 1. The lowest BCUT2D eigenvalue weighted by molar-refractivity contribution is -0.156. The third-order valence-corrected chi connectivity index (χ3v) is 4.81. The van der Waals surface area contributed by atoms with Crippen molar-refractivity contribution < 1.29 is 23.8 Å². The van der Waals surface area contributed by atoms with Crippen molar-refractivity contribution in [3.63, 3.8) is 0 Å². The van der Waals surface area contributed by atoms with E-state index in [0.29, 0.717) is 6.42 Å². The van der Waals surface area contributed by atoms with E-state index in [4.69, 9.17) is 14.2 Å². The Bertz CT molecular complexity index is 640. The number of alkyl carbamates (subject to hydrolysis) is 1. The molecule has 1 heterocycles. The second-order valence-corrected chi connectivity index (χ2v) is 8.34. The minimum absolute atomic E-state index is 0.239. The zero-order valence-electron chi connectivity index (χ0n) is 17.6. The van der Waals surface area contributed by atoms with Crippen LogP contribution in [0.1, 0.15) is 60.3 Å². The molecule has 0 aliphatic carbocycles. The van der Waals surface area contributed by atoms with Gasteiger partial charge in [-0.2, -0.15) is 0 Å². The molecule has 0 bridgehead atoms. The summed E-state index contributed by atoms with van der Waals surface area (Å²) in [6, 6.07) is 8.86. The maximum atomic E-state index is 12.7. The summed E-state index contributed by atoms with van der Waals surface area (Å²) >= 11 is 0. The van der Waals surface area contributed by atoms with Crippen LogP contribution in [0.4, 0.5) is 4.79 Å². The molecule has 4 unspecified atom stereocenters. The van der Waals surface area contributed by atoms with Gasteiger partial charge in [-0.3, -0.25) is 0 Å². The van der Waals surface area contributed by atoms with Crippen molar-refractivity contribution in [2.75, 3.05) is 0 Å². The predicted octanol–water partition coefficient (Wildman–Crippen LogP) is 4.47. The van der Waals surface area contributed by atoms with Crippen LogP contribution in [0.25, 0.3) is 0 Å². The molecular weight excluding hydrogens is 358 g/mol. The fraction of sp³-hybridized carbons (Fsp3) is 0.636. The number of ether oxygens (including phenoxy) is 3. The Kier molecular flexibility index (Phi) is 7.72. The maximum absolute atomic E-state index is 12.7. The number of para-hydroxylation sites is 1. The van der Waals surface area contributed by atoms with Crippen LogP contribution in [-0.2, 0) is 14.3 Å². The average molecular weight is 392 g/mol. The molecule has 2 rings (SSSR count). The molecule has 6 nitrogen and oxygen atoms in total. The van der Waals surface area contributed by atoms with Gasteiger partial charge in [0.1, 0.15) is 29.6 Å². The molecule has 1 aromatic carbocycles. The first-order valence-corrected chi connectivity index (χ1v) is 10.1. The van der Waals surface area contributed by atoms with E-state index in [2.05, 4.69) is 12.2 Å². The zero-order valence-corrected chi connectivity index (χ0v) is 17.6. The number of carbonyl (C=O) groups is 2. The average Bonchev–Trinajstić information content (AvgIpc) is 2.66. The third-order valence-electron chi connectivity index (χ3n) is 4.81. The largest absolute Gasteiger partial charge is 0.486 e. The molecule has 0 spiro atoms. The lowest BCUT2D eigenvalue weighted by Crippen LogP contribution is -2.46. The number of nitrogens with one attached hydrogen (secondary N) is 1. The molecule has 0 radical (unpaired) electrons. The van der Waals surface area contributed by atoms with Crippen LogP contribution in [-0.4, -0.2) is 35.9 Å². The van der Waals surface area contributed by atoms with Gasteiger partial charge in [0.15, 0.2) is 0 Å². The van der Waals surface area contributed by atoms with Crippen LogP contribution in [0.15, 0.2) is 30.3 Å². The number of amides is 1. The SMILES string of the molecule is CCC1CCCC(NC(=O)OC(C)(C)C)C(=O)OC(C)C1Oc1ccccc1. The molecule has 1 saturated heterocycles. The summed E-state index contributed by atoms with van der Waals surface area (Å²) in [5, 5.41) is 2.66. The van der Waals surface area contributed by atoms with Gasteiger partial charge in [0.2, 0.25) is 0 Å². The van der Waals surface area contributed by atoms with Gasteiger partial charge >= 0.3 is 12.1 Å². The van der Waals surface area contributed by atoms with Crippen molar-refractivity contribution in [1.29, 1.82) is 0 Å². The van der Waals surface area contributed by atoms with Crippen molar-refractivity contribution in [3.05, 3.63) is 30.3 Å². The Balaban J connectivity index is 2.10. The summed E-state index contributed by atoms with van der Waals surface area (Å²) in [5.74, 6) is 0.566. The van der Waals surface area contributed by atoms with Gasteiger partial charge in [-0.25, -0.2) is 9.59 Å². The monoisotopic (exact) mass is 391 g/mol. The molecule has 1 aliphatic rings. The second-order valence-electron chi connectivity index (χ2n) is 8.34. The number of hydrogen-bond donors (Lipinski definition) is 1. The molecule has 156 valence electrons. The Hall–Kier alpha value is -2.24. The lowest BCUT2D eigenvalue weighted by atomic mass is 9.90. The number of benzene rings is 1. The highest BCUT2D eigenvalue weighted by atomic mass is 16.6. The van der Waals surface area contributed by atoms with Gasteiger partial charge in [-0.05, 0) is 65.0 Å².